The molecule has 206 valence electrons. The first kappa shape index (κ1) is 28.0. The average Bonchev–Trinajstić information content (AvgIpc) is 3.73. The Hall–Kier alpha value is -4.07. The Morgan fingerprint density at radius 2 is 1.67 bits per heavy atom. The molecule has 0 N–H and O–H groups in total. The van der Waals surface area contributed by atoms with Gasteiger partial charge in [-0.15, -0.1) is 0 Å². The average molecular weight is 537 g/mol. The number of hydrogen-bond acceptors (Lipinski definition) is 7. The normalized spacial score (nSPS) is 15.8. The van der Waals surface area contributed by atoms with Gasteiger partial charge in [0.1, 0.15) is 18.0 Å². The number of hydrogen-bond donors (Lipinski definition) is 0. The van der Waals surface area contributed by atoms with Crippen LogP contribution in [0.2, 0.25) is 0 Å². The Balaban J connectivity index is 1.43. The fourth-order valence-electron chi connectivity index (χ4n) is 4.59. The quantitative estimate of drug-likeness (QED) is 0.514. The van der Waals surface area contributed by atoms with E-state index in [1.54, 1.807) is 4.90 Å². The van der Waals surface area contributed by atoms with Crippen molar-refractivity contribution >= 4 is 17.9 Å². The third kappa shape index (κ3) is 6.69. The van der Waals surface area contributed by atoms with E-state index in [1.807, 2.05) is 31.7 Å². The molecule has 1 aromatic heterocycles. The number of rotatable bonds is 6. The first-order valence-electron chi connectivity index (χ1n) is 13.0. The van der Waals surface area contributed by atoms with Crippen LogP contribution in [0.25, 0.3) is 11.4 Å². The van der Waals surface area contributed by atoms with E-state index in [-0.39, 0.29) is 47.6 Å². The van der Waals surface area contributed by atoms with E-state index in [1.165, 1.54) is 36.5 Å². The fraction of sp³-hybridized carbons (Fsp3) is 0.500. The lowest BCUT2D eigenvalue weighted by atomic mass is 10.0. The maximum atomic E-state index is 14.8. The van der Waals surface area contributed by atoms with Gasteiger partial charge in [-0.25, -0.2) is 19.2 Å². The fourth-order valence-corrected chi connectivity index (χ4v) is 4.59. The summed E-state index contributed by atoms with van der Waals surface area (Å²) in [5, 5.41) is 8.77. The molecule has 1 saturated carbocycles. The molecule has 1 aliphatic carbocycles. The summed E-state index contributed by atoms with van der Waals surface area (Å²) in [5.74, 6) is -1.23. The van der Waals surface area contributed by atoms with E-state index in [9.17, 15) is 18.8 Å². The van der Waals surface area contributed by atoms with Crippen LogP contribution < -0.4 is 0 Å². The third-order valence-electron chi connectivity index (χ3n) is 6.69. The molecule has 1 saturated heterocycles. The first-order chi connectivity index (χ1) is 18.5. The standard InChI is InChI=1S/C28H33FN6O4/c1-28(2,3)39-27(38)34-12-9-21(10-13-34)35(20-6-7-20)26(37)19-16-31-24(32-17-19)22-8-5-18(15-23(22)29)25(36)33(4)14-11-30/h5,8,15-17,20-21H,6-7,9-10,12-14H2,1-4H3. The van der Waals surface area contributed by atoms with Crippen LogP contribution in [-0.4, -0.2) is 86.9 Å². The van der Waals surface area contributed by atoms with Gasteiger partial charge in [-0.3, -0.25) is 9.59 Å². The summed E-state index contributed by atoms with van der Waals surface area (Å²) >= 11 is 0. The Morgan fingerprint density at radius 3 is 2.21 bits per heavy atom. The molecule has 1 aliphatic heterocycles. The van der Waals surface area contributed by atoms with Crippen LogP contribution in [-0.2, 0) is 4.74 Å². The lowest BCUT2D eigenvalue weighted by Crippen LogP contribution is -2.50. The molecule has 0 unspecified atom stereocenters. The molecule has 0 bridgehead atoms. The van der Waals surface area contributed by atoms with Gasteiger partial charge in [0.15, 0.2) is 5.82 Å². The highest BCUT2D eigenvalue weighted by Gasteiger charge is 2.40. The minimum absolute atomic E-state index is 0.00921. The monoisotopic (exact) mass is 536 g/mol. The molecule has 0 atom stereocenters. The summed E-state index contributed by atoms with van der Waals surface area (Å²) in [6.45, 7) is 6.41. The number of aromatic nitrogens is 2. The minimum atomic E-state index is -0.679. The number of likely N-dealkylation sites (tertiary alicyclic amines) is 1. The number of nitrogens with zero attached hydrogens (tertiary/aromatic N) is 6. The van der Waals surface area contributed by atoms with Crippen molar-refractivity contribution in [3.63, 3.8) is 0 Å². The van der Waals surface area contributed by atoms with Gasteiger partial charge >= 0.3 is 6.09 Å². The van der Waals surface area contributed by atoms with Gasteiger partial charge in [0.05, 0.1) is 17.2 Å². The summed E-state index contributed by atoms with van der Waals surface area (Å²) in [7, 11) is 1.46. The molecule has 10 nitrogen and oxygen atoms in total. The highest BCUT2D eigenvalue weighted by Crippen LogP contribution is 2.33. The summed E-state index contributed by atoms with van der Waals surface area (Å²) in [6.07, 6.45) is 5.62. The van der Waals surface area contributed by atoms with E-state index in [0.717, 1.165) is 18.9 Å². The van der Waals surface area contributed by atoms with Gasteiger partial charge < -0.3 is 19.4 Å². The van der Waals surface area contributed by atoms with Crippen LogP contribution in [0.3, 0.4) is 0 Å². The van der Waals surface area contributed by atoms with Crippen LogP contribution >= 0.6 is 0 Å². The van der Waals surface area contributed by atoms with Gasteiger partial charge in [-0.1, -0.05) is 0 Å². The van der Waals surface area contributed by atoms with Gasteiger partial charge in [-0.05, 0) is 64.7 Å². The number of carbonyl (C=O) groups is 3. The lowest BCUT2D eigenvalue weighted by molar-refractivity contribution is 0.0142. The third-order valence-corrected chi connectivity index (χ3v) is 6.69. The van der Waals surface area contributed by atoms with Crippen LogP contribution in [0.4, 0.5) is 9.18 Å². The predicted octanol–water partition coefficient (Wildman–Crippen LogP) is 3.88. The number of carbonyl (C=O) groups excluding carboxylic acids is 3. The molecule has 1 aromatic carbocycles. The second-order valence-electron chi connectivity index (χ2n) is 11.0. The van der Waals surface area contributed by atoms with Crippen molar-refractivity contribution in [2.24, 2.45) is 0 Å². The van der Waals surface area contributed by atoms with E-state index < -0.39 is 17.3 Å². The van der Waals surface area contributed by atoms with Crippen molar-refractivity contribution in [3.05, 3.63) is 47.5 Å². The number of piperidine rings is 1. The van der Waals surface area contributed by atoms with Crippen molar-refractivity contribution in [2.75, 3.05) is 26.7 Å². The molecule has 2 aromatic rings. The maximum Gasteiger partial charge on any atom is 0.410 e. The largest absolute Gasteiger partial charge is 0.444 e. The lowest BCUT2D eigenvalue weighted by Gasteiger charge is -2.39. The van der Waals surface area contributed by atoms with Crippen LogP contribution in [0, 0.1) is 17.1 Å². The second-order valence-corrected chi connectivity index (χ2v) is 11.0. The number of ether oxygens (including phenoxy) is 1. The Kier molecular flexibility index (Phi) is 8.14. The SMILES string of the molecule is CN(CC#N)C(=O)c1ccc(-c2ncc(C(=O)N(C3CC3)C3CCN(C(=O)OC(C)(C)C)CC3)cn2)c(F)c1. The molecule has 2 heterocycles. The number of benzene rings is 1. The molecule has 4 rings (SSSR count). The Morgan fingerprint density at radius 1 is 1.05 bits per heavy atom. The molecular formula is C28H33FN6O4. The molecule has 3 amide bonds. The molecule has 2 aliphatic rings. The van der Waals surface area contributed by atoms with Crippen molar-refractivity contribution in [1.82, 2.24) is 24.7 Å². The Bertz CT molecular complexity index is 1270. The second kappa shape index (κ2) is 11.4. The van der Waals surface area contributed by atoms with Gasteiger partial charge in [0.2, 0.25) is 0 Å². The first-order valence-corrected chi connectivity index (χ1v) is 13.0. The van der Waals surface area contributed by atoms with Crippen molar-refractivity contribution < 1.29 is 23.5 Å². The van der Waals surface area contributed by atoms with E-state index in [0.29, 0.717) is 31.5 Å². The van der Waals surface area contributed by atoms with E-state index >= 15 is 0 Å². The van der Waals surface area contributed by atoms with Crippen LogP contribution in [0.5, 0.6) is 0 Å². The summed E-state index contributed by atoms with van der Waals surface area (Å²) in [6, 6.07) is 5.97. The highest BCUT2D eigenvalue weighted by atomic mass is 19.1. The molecule has 2 fully saturated rings. The van der Waals surface area contributed by atoms with E-state index in [4.69, 9.17) is 10.00 Å². The molecule has 39 heavy (non-hydrogen) atoms. The van der Waals surface area contributed by atoms with Gasteiger partial charge in [-0.2, -0.15) is 5.26 Å². The smallest absolute Gasteiger partial charge is 0.410 e. The van der Waals surface area contributed by atoms with E-state index in [2.05, 4.69) is 9.97 Å². The van der Waals surface area contributed by atoms with Gasteiger partial charge in [0, 0.05) is 50.2 Å². The Labute approximate surface area is 227 Å². The zero-order valence-corrected chi connectivity index (χ0v) is 22.7. The predicted molar refractivity (Wildman–Crippen MR) is 140 cm³/mol. The van der Waals surface area contributed by atoms with Crippen molar-refractivity contribution in [2.45, 2.75) is 64.1 Å². The zero-order chi connectivity index (χ0) is 28.3. The minimum Gasteiger partial charge on any atom is -0.444 e. The summed E-state index contributed by atoms with van der Waals surface area (Å²) in [4.78, 5) is 51.5. The molecule has 11 heteroatoms. The zero-order valence-electron chi connectivity index (χ0n) is 22.7. The molecule has 0 radical (unpaired) electrons. The number of amides is 3. The van der Waals surface area contributed by atoms with Crippen molar-refractivity contribution in [3.8, 4) is 17.5 Å². The van der Waals surface area contributed by atoms with Crippen LogP contribution in [0.15, 0.2) is 30.6 Å². The van der Waals surface area contributed by atoms with Crippen molar-refractivity contribution in [1.29, 1.82) is 5.26 Å². The molecular weight excluding hydrogens is 503 g/mol. The summed E-state index contributed by atoms with van der Waals surface area (Å²) < 4.78 is 20.3. The van der Waals surface area contributed by atoms with Crippen LogP contribution in [0.1, 0.15) is 67.2 Å². The number of nitriles is 1. The number of halogens is 1. The highest BCUT2D eigenvalue weighted by molar-refractivity contribution is 5.95. The molecule has 0 spiro atoms. The topological polar surface area (TPSA) is 120 Å². The summed E-state index contributed by atoms with van der Waals surface area (Å²) in [5.41, 5.74) is -0.0427. The van der Waals surface area contributed by atoms with Gasteiger partial charge in [0.25, 0.3) is 11.8 Å². The maximum absolute atomic E-state index is 14.8.